The molecule has 0 bridgehead atoms. The molecule has 1 aromatic rings. The fourth-order valence-electron chi connectivity index (χ4n) is 1.14. The van der Waals surface area contributed by atoms with Crippen LogP contribution in [0.4, 0.5) is 10.5 Å². The standard InChI is InChI=1S/C11H12INO4/c1-3-17-11(15)13-9-5-4-7(6-8(9)12)10(14)16-2/h4-6H,3H2,1-2H3,(H,13,15). The summed E-state index contributed by atoms with van der Waals surface area (Å²) >= 11 is 2.02. The Bertz CT molecular complexity index is 433. The molecule has 0 saturated heterocycles. The van der Waals surface area contributed by atoms with Crippen molar-refractivity contribution in [2.75, 3.05) is 19.0 Å². The van der Waals surface area contributed by atoms with E-state index in [4.69, 9.17) is 4.74 Å². The average Bonchev–Trinajstić information content (AvgIpc) is 2.31. The van der Waals surface area contributed by atoms with Gasteiger partial charge >= 0.3 is 12.1 Å². The molecule has 0 heterocycles. The van der Waals surface area contributed by atoms with Crippen molar-refractivity contribution in [1.82, 2.24) is 0 Å². The molecule has 0 radical (unpaired) electrons. The van der Waals surface area contributed by atoms with Crippen LogP contribution in [0.3, 0.4) is 0 Å². The summed E-state index contributed by atoms with van der Waals surface area (Å²) in [6.45, 7) is 2.04. The first-order valence-corrected chi connectivity index (χ1v) is 5.98. The Morgan fingerprint density at radius 3 is 2.65 bits per heavy atom. The number of esters is 1. The van der Waals surface area contributed by atoms with E-state index < -0.39 is 12.1 Å². The van der Waals surface area contributed by atoms with Crippen molar-refractivity contribution in [1.29, 1.82) is 0 Å². The van der Waals surface area contributed by atoms with Gasteiger partial charge in [0, 0.05) is 3.57 Å². The minimum Gasteiger partial charge on any atom is -0.465 e. The molecule has 0 aliphatic rings. The third-order valence-corrected chi connectivity index (χ3v) is 2.79. The molecule has 1 rings (SSSR count). The van der Waals surface area contributed by atoms with E-state index in [1.807, 2.05) is 22.6 Å². The maximum atomic E-state index is 11.3. The summed E-state index contributed by atoms with van der Waals surface area (Å²) in [6, 6.07) is 4.84. The normalized spacial score (nSPS) is 9.59. The first-order valence-electron chi connectivity index (χ1n) is 4.90. The van der Waals surface area contributed by atoms with Gasteiger partial charge in [-0.1, -0.05) is 0 Å². The summed E-state index contributed by atoms with van der Waals surface area (Å²) in [6.07, 6.45) is -0.517. The zero-order valence-corrected chi connectivity index (χ0v) is 11.6. The molecule has 0 aliphatic heterocycles. The van der Waals surface area contributed by atoms with Crippen molar-refractivity contribution >= 4 is 40.3 Å². The number of nitrogens with one attached hydrogen (secondary N) is 1. The summed E-state index contributed by atoms with van der Waals surface area (Å²) in [4.78, 5) is 22.5. The van der Waals surface area contributed by atoms with Gasteiger partial charge in [-0.15, -0.1) is 0 Å². The summed E-state index contributed by atoms with van der Waals surface area (Å²) in [7, 11) is 1.32. The number of carbonyl (C=O) groups is 2. The van der Waals surface area contributed by atoms with Crippen molar-refractivity contribution in [2.45, 2.75) is 6.92 Å². The lowest BCUT2D eigenvalue weighted by atomic mass is 10.2. The van der Waals surface area contributed by atoms with Gasteiger partial charge in [0.25, 0.3) is 0 Å². The molecule has 0 atom stereocenters. The van der Waals surface area contributed by atoms with Crippen molar-refractivity contribution < 1.29 is 19.1 Å². The van der Waals surface area contributed by atoms with E-state index in [1.165, 1.54) is 7.11 Å². The average molecular weight is 349 g/mol. The van der Waals surface area contributed by atoms with E-state index in [1.54, 1.807) is 25.1 Å². The van der Waals surface area contributed by atoms with Gasteiger partial charge in [0.15, 0.2) is 0 Å². The smallest absolute Gasteiger partial charge is 0.411 e. The number of benzene rings is 1. The molecule has 0 saturated carbocycles. The lowest BCUT2D eigenvalue weighted by molar-refractivity contribution is 0.0600. The lowest BCUT2D eigenvalue weighted by Crippen LogP contribution is -2.14. The number of methoxy groups -OCH3 is 1. The first kappa shape index (κ1) is 13.8. The van der Waals surface area contributed by atoms with Crippen molar-refractivity contribution in [3.8, 4) is 0 Å². The zero-order valence-electron chi connectivity index (χ0n) is 9.45. The molecule has 0 spiro atoms. The molecule has 1 aromatic carbocycles. The summed E-state index contributed by atoms with van der Waals surface area (Å²) < 4.78 is 10.1. The van der Waals surface area contributed by atoms with Crippen LogP contribution in [0.25, 0.3) is 0 Å². The van der Waals surface area contributed by atoms with Crippen LogP contribution in [0.15, 0.2) is 18.2 Å². The van der Waals surface area contributed by atoms with Gasteiger partial charge in [-0.05, 0) is 47.7 Å². The second-order valence-corrected chi connectivity index (χ2v) is 4.19. The molecule has 1 amide bonds. The van der Waals surface area contributed by atoms with Crippen LogP contribution in [0.2, 0.25) is 0 Å². The number of hydrogen-bond acceptors (Lipinski definition) is 4. The molecule has 6 heteroatoms. The lowest BCUT2D eigenvalue weighted by Gasteiger charge is -2.08. The van der Waals surface area contributed by atoms with Gasteiger partial charge in [0.1, 0.15) is 0 Å². The number of carbonyl (C=O) groups excluding carboxylic acids is 2. The number of rotatable bonds is 3. The van der Waals surface area contributed by atoms with Crippen LogP contribution in [0, 0.1) is 3.57 Å². The maximum absolute atomic E-state index is 11.3. The SMILES string of the molecule is CCOC(=O)Nc1ccc(C(=O)OC)cc1I. The van der Waals surface area contributed by atoms with E-state index in [0.29, 0.717) is 17.9 Å². The van der Waals surface area contributed by atoms with Crippen molar-refractivity contribution in [2.24, 2.45) is 0 Å². The van der Waals surface area contributed by atoms with Crippen molar-refractivity contribution in [3.63, 3.8) is 0 Å². The van der Waals surface area contributed by atoms with Gasteiger partial charge in [0.2, 0.25) is 0 Å². The molecule has 5 nitrogen and oxygen atoms in total. The van der Waals surface area contributed by atoms with Crippen LogP contribution in [0.5, 0.6) is 0 Å². The first-order chi connectivity index (χ1) is 8.08. The molecule has 1 N–H and O–H groups in total. The highest BCUT2D eigenvalue weighted by atomic mass is 127. The largest absolute Gasteiger partial charge is 0.465 e. The Morgan fingerprint density at radius 1 is 1.41 bits per heavy atom. The van der Waals surface area contributed by atoms with E-state index in [-0.39, 0.29) is 0 Å². The Morgan fingerprint density at radius 2 is 2.12 bits per heavy atom. The van der Waals surface area contributed by atoms with Gasteiger partial charge in [0.05, 0.1) is 25.0 Å². The van der Waals surface area contributed by atoms with Gasteiger partial charge in [-0.3, -0.25) is 5.32 Å². The minimum atomic E-state index is -0.517. The minimum absolute atomic E-state index is 0.308. The molecule has 0 aromatic heterocycles. The molecule has 0 fully saturated rings. The van der Waals surface area contributed by atoms with Gasteiger partial charge < -0.3 is 9.47 Å². The predicted molar refractivity (Wildman–Crippen MR) is 71.1 cm³/mol. The molecular formula is C11H12INO4. The number of hydrogen-bond donors (Lipinski definition) is 1. The second kappa shape index (κ2) is 6.43. The number of amides is 1. The maximum Gasteiger partial charge on any atom is 0.411 e. The van der Waals surface area contributed by atoms with Gasteiger partial charge in [-0.25, -0.2) is 9.59 Å². The van der Waals surface area contributed by atoms with E-state index in [2.05, 4.69) is 10.1 Å². The van der Waals surface area contributed by atoms with Crippen LogP contribution in [-0.2, 0) is 9.47 Å². The van der Waals surface area contributed by atoms with Crippen LogP contribution in [0.1, 0.15) is 17.3 Å². The monoisotopic (exact) mass is 349 g/mol. The quantitative estimate of drug-likeness (QED) is 0.673. The third kappa shape index (κ3) is 3.88. The third-order valence-electron chi connectivity index (χ3n) is 1.90. The molecule has 0 aliphatic carbocycles. The van der Waals surface area contributed by atoms with Crippen LogP contribution < -0.4 is 5.32 Å². The van der Waals surface area contributed by atoms with Crippen LogP contribution >= 0.6 is 22.6 Å². The Hall–Kier alpha value is -1.31. The van der Waals surface area contributed by atoms with E-state index in [9.17, 15) is 9.59 Å². The zero-order chi connectivity index (χ0) is 12.8. The topological polar surface area (TPSA) is 64.6 Å². The number of ether oxygens (including phenoxy) is 2. The van der Waals surface area contributed by atoms with Crippen molar-refractivity contribution in [3.05, 3.63) is 27.3 Å². The van der Waals surface area contributed by atoms with E-state index >= 15 is 0 Å². The summed E-state index contributed by atoms with van der Waals surface area (Å²) in [5.41, 5.74) is 1.03. The summed E-state index contributed by atoms with van der Waals surface area (Å²) in [5.74, 6) is -0.411. The Labute approximate surface area is 113 Å². The highest BCUT2D eigenvalue weighted by Crippen LogP contribution is 2.20. The Kier molecular flexibility index (Phi) is 5.20. The van der Waals surface area contributed by atoms with E-state index in [0.717, 1.165) is 3.57 Å². The number of halogens is 1. The highest BCUT2D eigenvalue weighted by molar-refractivity contribution is 14.1. The van der Waals surface area contributed by atoms with Gasteiger partial charge in [-0.2, -0.15) is 0 Å². The molecule has 0 unspecified atom stereocenters. The molecule has 17 heavy (non-hydrogen) atoms. The predicted octanol–water partition coefficient (Wildman–Crippen LogP) is 2.65. The number of anilines is 1. The highest BCUT2D eigenvalue weighted by Gasteiger charge is 2.10. The fraction of sp³-hybridized carbons (Fsp3) is 0.273. The second-order valence-electron chi connectivity index (χ2n) is 3.03. The molecule has 92 valence electrons. The Balaban J connectivity index is 2.83. The molecular weight excluding hydrogens is 337 g/mol. The fourth-order valence-corrected chi connectivity index (χ4v) is 1.79. The summed E-state index contributed by atoms with van der Waals surface area (Å²) in [5, 5.41) is 2.57. The van der Waals surface area contributed by atoms with Crippen LogP contribution in [-0.4, -0.2) is 25.8 Å².